The van der Waals surface area contributed by atoms with Gasteiger partial charge in [0.2, 0.25) is 5.91 Å². The van der Waals surface area contributed by atoms with Gasteiger partial charge in [0, 0.05) is 19.0 Å². The lowest BCUT2D eigenvalue weighted by Gasteiger charge is -2.39. The van der Waals surface area contributed by atoms with Gasteiger partial charge < -0.3 is 10.6 Å². The Hall–Kier alpha value is -1.59. The van der Waals surface area contributed by atoms with E-state index in [0.29, 0.717) is 0 Å². The number of hydrogen-bond acceptors (Lipinski definition) is 3. The Morgan fingerprint density at radius 3 is 2.54 bits per heavy atom. The van der Waals surface area contributed by atoms with Gasteiger partial charge in [0.15, 0.2) is 0 Å². The summed E-state index contributed by atoms with van der Waals surface area (Å²) in [5, 5.41) is 6.03. The molecular formula is C20H31N3O3. The van der Waals surface area contributed by atoms with Gasteiger partial charge in [0.05, 0.1) is 0 Å². The molecule has 0 aromatic carbocycles. The van der Waals surface area contributed by atoms with E-state index in [-0.39, 0.29) is 36.9 Å². The van der Waals surface area contributed by atoms with Gasteiger partial charge in [-0.15, -0.1) is 0 Å². The second-order valence-corrected chi connectivity index (χ2v) is 8.81. The Morgan fingerprint density at radius 1 is 1.04 bits per heavy atom. The molecule has 4 amide bonds. The summed E-state index contributed by atoms with van der Waals surface area (Å²) < 4.78 is 0. The summed E-state index contributed by atoms with van der Waals surface area (Å²) in [5.41, 5.74) is -0.674. The van der Waals surface area contributed by atoms with Crippen LogP contribution in [0.15, 0.2) is 0 Å². The minimum absolute atomic E-state index is 0.0303. The Balaban J connectivity index is 1.25. The van der Waals surface area contributed by atoms with Crippen molar-refractivity contribution in [2.45, 2.75) is 88.6 Å². The van der Waals surface area contributed by atoms with E-state index in [2.05, 4.69) is 10.6 Å². The van der Waals surface area contributed by atoms with Crippen LogP contribution in [-0.2, 0) is 9.59 Å². The van der Waals surface area contributed by atoms with Gasteiger partial charge in [0.25, 0.3) is 5.91 Å². The molecule has 144 valence electrons. The summed E-state index contributed by atoms with van der Waals surface area (Å²) >= 11 is 0. The van der Waals surface area contributed by atoms with Crippen molar-refractivity contribution in [2.24, 2.45) is 11.8 Å². The highest BCUT2D eigenvalue weighted by Crippen LogP contribution is 2.40. The van der Waals surface area contributed by atoms with Crippen LogP contribution in [0, 0.1) is 11.8 Å². The van der Waals surface area contributed by atoms with Gasteiger partial charge in [0.1, 0.15) is 5.54 Å². The molecule has 0 aromatic rings. The Bertz CT molecular complexity index is 585. The highest BCUT2D eigenvalue weighted by atomic mass is 16.2. The molecule has 0 unspecified atom stereocenters. The molecule has 3 saturated carbocycles. The monoisotopic (exact) mass is 361 g/mol. The number of urea groups is 1. The normalized spacial score (nSPS) is 33.2. The van der Waals surface area contributed by atoms with E-state index < -0.39 is 5.54 Å². The highest BCUT2D eigenvalue weighted by molar-refractivity contribution is 6.07. The lowest BCUT2D eigenvalue weighted by molar-refractivity contribution is -0.131. The average molecular weight is 361 g/mol. The van der Waals surface area contributed by atoms with Gasteiger partial charge in [-0.1, -0.05) is 38.5 Å². The van der Waals surface area contributed by atoms with E-state index in [4.69, 9.17) is 0 Å². The van der Waals surface area contributed by atoms with E-state index in [1.807, 2.05) is 0 Å². The van der Waals surface area contributed by atoms with Crippen molar-refractivity contribution in [1.82, 2.24) is 15.5 Å². The number of carbonyl (C=O) groups is 3. The third-order valence-electron chi connectivity index (χ3n) is 7.17. The molecule has 4 aliphatic rings. The minimum Gasteiger partial charge on any atom is -0.353 e. The van der Waals surface area contributed by atoms with Crippen LogP contribution in [0.4, 0.5) is 4.79 Å². The van der Waals surface area contributed by atoms with Crippen molar-refractivity contribution in [1.29, 1.82) is 0 Å². The number of carbonyl (C=O) groups excluding carboxylic acids is 3. The van der Waals surface area contributed by atoms with Crippen LogP contribution in [0.25, 0.3) is 0 Å². The summed E-state index contributed by atoms with van der Waals surface area (Å²) in [6.45, 7) is 0.191. The first-order chi connectivity index (χ1) is 12.6. The smallest absolute Gasteiger partial charge is 0.325 e. The Morgan fingerprint density at radius 2 is 1.77 bits per heavy atom. The van der Waals surface area contributed by atoms with E-state index in [9.17, 15) is 14.4 Å². The van der Waals surface area contributed by atoms with Crippen molar-refractivity contribution >= 4 is 17.8 Å². The lowest BCUT2D eigenvalue weighted by atomic mass is 9.69. The molecule has 4 fully saturated rings. The standard InChI is InChI=1S/C20H31N3O3/c24-17(21-16-8-7-14-5-1-2-6-15(14)13-16)9-12-23-18(25)20(22-19(23)26)10-3-4-11-20/h14-16H,1-13H2,(H,21,24)(H,22,26)/t14-,15-,16-/m1/s1. The van der Waals surface area contributed by atoms with Crippen LogP contribution in [0.1, 0.15) is 77.0 Å². The van der Waals surface area contributed by atoms with Gasteiger partial charge in [-0.05, 0) is 43.9 Å². The largest absolute Gasteiger partial charge is 0.353 e. The number of imide groups is 1. The molecule has 26 heavy (non-hydrogen) atoms. The predicted molar refractivity (Wildman–Crippen MR) is 97.3 cm³/mol. The summed E-state index contributed by atoms with van der Waals surface area (Å²) in [7, 11) is 0. The van der Waals surface area contributed by atoms with Crippen LogP contribution in [0.3, 0.4) is 0 Å². The summed E-state index contributed by atoms with van der Waals surface area (Å²) in [6, 6.07) is -0.0569. The quantitative estimate of drug-likeness (QED) is 0.756. The second kappa shape index (κ2) is 7.20. The molecular weight excluding hydrogens is 330 g/mol. The van der Waals surface area contributed by atoms with Crippen molar-refractivity contribution in [3.05, 3.63) is 0 Å². The number of nitrogens with zero attached hydrogens (tertiary/aromatic N) is 1. The topological polar surface area (TPSA) is 78.5 Å². The zero-order valence-corrected chi connectivity index (χ0v) is 15.6. The molecule has 3 atom stereocenters. The van der Waals surface area contributed by atoms with Crippen LogP contribution in [-0.4, -0.2) is 40.9 Å². The van der Waals surface area contributed by atoms with E-state index >= 15 is 0 Å². The van der Waals surface area contributed by atoms with Crippen molar-refractivity contribution < 1.29 is 14.4 Å². The molecule has 0 bridgehead atoms. The van der Waals surface area contributed by atoms with Crippen molar-refractivity contribution in [2.75, 3.05) is 6.54 Å². The molecule has 0 aromatic heterocycles. The van der Waals surface area contributed by atoms with E-state index in [1.165, 1.54) is 37.0 Å². The Kier molecular flexibility index (Phi) is 4.93. The van der Waals surface area contributed by atoms with Gasteiger partial charge in [-0.25, -0.2) is 4.79 Å². The summed E-state index contributed by atoms with van der Waals surface area (Å²) in [4.78, 5) is 38.4. The number of nitrogens with one attached hydrogen (secondary N) is 2. The molecule has 1 saturated heterocycles. The third kappa shape index (κ3) is 3.35. The van der Waals surface area contributed by atoms with Gasteiger partial charge >= 0.3 is 6.03 Å². The second-order valence-electron chi connectivity index (χ2n) is 8.81. The maximum Gasteiger partial charge on any atom is 0.325 e. The number of rotatable bonds is 4. The van der Waals surface area contributed by atoms with Crippen molar-refractivity contribution in [3.63, 3.8) is 0 Å². The lowest BCUT2D eigenvalue weighted by Crippen LogP contribution is -2.45. The maximum atomic E-state index is 12.6. The molecule has 3 aliphatic carbocycles. The van der Waals surface area contributed by atoms with Crippen LogP contribution < -0.4 is 10.6 Å². The number of fused-ring (bicyclic) bond motifs is 1. The predicted octanol–water partition coefficient (Wildman–Crippen LogP) is 2.72. The summed E-state index contributed by atoms with van der Waals surface area (Å²) in [6.07, 6.45) is 12.4. The molecule has 2 N–H and O–H groups in total. The van der Waals surface area contributed by atoms with Crippen LogP contribution in [0.2, 0.25) is 0 Å². The molecule has 6 nitrogen and oxygen atoms in total. The first-order valence-corrected chi connectivity index (χ1v) is 10.5. The molecule has 6 heteroatoms. The number of amides is 4. The summed E-state index contributed by atoms with van der Waals surface area (Å²) in [5.74, 6) is 1.48. The van der Waals surface area contributed by atoms with Crippen LogP contribution >= 0.6 is 0 Å². The fourth-order valence-electron chi connectivity index (χ4n) is 5.71. The molecule has 1 spiro atoms. The first-order valence-electron chi connectivity index (χ1n) is 10.5. The van der Waals surface area contributed by atoms with Gasteiger partial charge in [-0.2, -0.15) is 0 Å². The highest BCUT2D eigenvalue weighted by Gasteiger charge is 2.52. The fraction of sp³-hybridized carbons (Fsp3) is 0.850. The molecule has 4 rings (SSSR count). The van der Waals surface area contributed by atoms with Crippen molar-refractivity contribution in [3.8, 4) is 0 Å². The van der Waals surface area contributed by atoms with Crippen LogP contribution in [0.5, 0.6) is 0 Å². The molecule has 0 radical (unpaired) electrons. The zero-order valence-electron chi connectivity index (χ0n) is 15.6. The minimum atomic E-state index is -0.674. The zero-order chi connectivity index (χ0) is 18.1. The average Bonchev–Trinajstić information content (AvgIpc) is 3.19. The third-order valence-corrected chi connectivity index (χ3v) is 7.17. The number of hydrogen-bond donors (Lipinski definition) is 2. The van der Waals surface area contributed by atoms with E-state index in [1.54, 1.807) is 0 Å². The van der Waals surface area contributed by atoms with E-state index in [0.717, 1.165) is 50.4 Å². The van der Waals surface area contributed by atoms with Gasteiger partial charge in [-0.3, -0.25) is 14.5 Å². The SMILES string of the molecule is O=C(CCN1C(=O)NC2(CCCC2)C1=O)N[C@@H]1CC[C@H]2CCCC[C@@H]2C1. The molecule has 1 aliphatic heterocycles. The maximum absolute atomic E-state index is 12.6. The molecule has 1 heterocycles. The fourth-order valence-corrected chi connectivity index (χ4v) is 5.71. The first kappa shape index (κ1) is 17.8. The Labute approximate surface area is 155 Å².